The Kier molecular flexibility index (Phi) is 11.4. The lowest BCUT2D eigenvalue weighted by molar-refractivity contribution is -0.220. The second kappa shape index (κ2) is 13.7. The highest BCUT2D eigenvalue weighted by Crippen LogP contribution is 2.63. The van der Waals surface area contributed by atoms with Crippen LogP contribution in [0.5, 0.6) is 0 Å². The zero-order valence-corrected chi connectivity index (χ0v) is 25.4. The number of hydrogen-bond donors (Lipinski definition) is 1. The van der Waals surface area contributed by atoms with Gasteiger partial charge in [-0.25, -0.2) is 4.79 Å². The summed E-state index contributed by atoms with van der Waals surface area (Å²) in [6, 6.07) is 0. The first-order chi connectivity index (χ1) is 18.3. The van der Waals surface area contributed by atoms with E-state index in [0.29, 0.717) is 30.1 Å². The minimum atomic E-state index is -5.00. The van der Waals surface area contributed by atoms with Crippen molar-refractivity contribution < 1.29 is 27.8 Å². The molecule has 3 aliphatic rings. The van der Waals surface area contributed by atoms with Gasteiger partial charge in [0.15, 0.2) is 0 Å². The van der Waals surface area contributed by atoms with Gasteiger partial charge in [-0.1, -0.05) is 78.9 Å². The van der Waals surface area contributed by atoms with Crippen LogP contribution in [0.1, 0.15) is 125 Å². The predicted molar refractivity (Wildman–Crippen MR) is 151 cm³/mol. The Labute approximate surface area is 235 Å². The topological polar surface area (TPSA) is 46.5 Å². The van der Waals surface area contributed by atoms with Crippen molar-refractivity contribution in [2.45, 2.75) is 143 Å². The van der Waals surface area contributed by atoms with E-state index >= 15 is 0 Å². The number of alkyl halides is 3. The van der Waals surface area contributed by atoms with E-state index in [0.717, 1.165) is 55.3 Å². The summed E-state index contributed by atoms with van der Waals surface area (Å²) in [5, 5.41) is 9.34. The van der Waals surface area contributed by atoms with Crippen molar-refractivity contribution in [3.8, 4) is 0 Å². The molecular formula is C33H55F3O3. The van der Waals surface area contributed by atoms with Crippen molar-refractivity contribution in [2.75, 3.05) is 0 Å². The smallest absolute Gasteiger partial charge is 0.425 e. The Morgan fingerprint density at radius 3 is 2.46 bits per heavy atom. The van der Waals surface area contributed by atoms with Crippen LogP contribution >= 0.6 is 0 Å². The lowest BCUT2D eigenvalue weighted by atomic mass is 9.54. The van der Waals surface area contributed by atoms with Gasteiger partial charge in [-0.2, -0.15) is 13.2 Å². The molecule has 0 saturated heterocycles. The highest BCUT2D eigenvalue weighted by molar-refractivity contribution is 5.75. The van der Waals surface area contributed by atoms with Gasteiger partial charge in [0.2, 0.25) is 6.10 Å². The minimum Gasteiger partial charge on any atom is -0.460 e. The fourth-order valence-electron chi connectivity index (χ4n) is 8.82. The maximum absolute atomic E-state index is 12.8. The Morgan fingerprint density at radius 1 is 1.13 bits per heavy atom. The summed E-state index contributed by atoms with van der Waals surface area (Å²) in [5.74, 6) is 3.63. The minimum absolute atomic E-state index is 0.415. The molecule has 0 aromatic rings. The Bertz CT molecular complexity index is 822. The third-order valence-electron chi connectivity index (χ3n) is 11.2. The van der Waals surface area contributed by atoms with Crippen molar-refractivity contribution >= 4 is 5.97 Å². The molecule has 6 heteroatoms. The number of ether oxygens (including phenoxy) is 1. The molecule has 1 unspecified atom stereocenters. The predicted octanol–water partition coefficient (Wildman–Crippen LogP) is 9.28. The van der Waals surface area contributed by atoms with E-state index in [4.69, 9.17) is 4.74 Å². The van der Waals surface area contributed by atoms with Gasteiger partial charge in [-0.15, -0.1) is 0 Å². The maximum atomic E-state index is 12.8. The lowest BCUT2D eigenvalue weighted by Gasteiger charge is -2.51. The molecule has 1 N–H and O–H groups in total. The number of allylic oxidation sites excluding steroid dienone is 1. The summed E-state index contributed by atoms with van der Waals surface area (Å²) >= 11 is 0. The van der Waals surface area contributed by atoms with E-state index in [1.165, 1.54) is 50.5 Å². The third-order valence-corrected chi connectivity index (χ3v) is 11.2. The van der Waals surface area contributed by atoms with Gasteiger partial charge < -0.3 is 9.84 Å². The Balaban J connectivity index is 1.62. The molecule has 0 aromatic heterocycles. The van der Waals surface area contributed by atoms with Crippen LogP contribution in [0.4, 0.5) is 13.2 Å². The average Bonchev–Trinajstić information content (AvgIpc) is 3.23. The van der Waals surface area contributed by atoms with E-state index in [9.17, 15) is 23.1 Å². The maximum Gasteiger partial charge on any atom is 0.425 e. The van der Waals surface area contributed by atoms with Gasteiger partial charge in [-0.3, -0.25) is 0 Å². The normalized spacial score (nSPS) is 32.1. The van der Waals surface area contributed by atoms with Crippen molar-refractivity contribution in [2.24, 2.45) is 46.8 Å². The molecule has 226 valence electrons. The van der Waals surface area contributed by atoms with Crippen molar-refractivity contribution in [1.29, 1.82) is 0 Å². The fourth-order valence-corrected chi connectivity index (χ4v) is 8.82. The fraction of sp³-hybridized carbons (Fsp3) is 0.909. The van der Waals surface area contributed by atoms with E-state index in [-0.39, 0.29) is 0 Å². The van der Waals surface area contributed by atoms with Crippen LogP contribution in [-0.2, 0) is 9.53 Å². The Morgan fingerprint density at radius 2 is 1.85 bits per heavy atom. The number of carbonyl (C=O) groups is 1. The molecule has 0 radical (unpaired) electrons. The number of aliphatic hydroxyl groups excluding tert-OH is 1. The molecule has 0 amide bonds. The second-order valence-corrected chi connectivity index (χ2v) is 13.9. The molecule has 2 saturated carbocycles. The molecule has 2 fully saturated rings. The third kappa shape index (κ3) is 7.83. The van der Waals surface area contributed by atoms with Crippen LogP contribution in [0.2, 0.25) is 0 Å². The van der Waals surface area contributed by atoms with Crippen molar-refractivity contribution in [1.82, 2.24) is 0 Å². The number of aliphatic hydroxyl groups is 1. The van der Waals surface area contributed by atoms with Crippen LogP contribution in [0.25, 0.3) is 0 Å². The van der Waals surface area contributed by atoms with Crippen LogP contribution in [0.3, 0.4) is 0 Å². The van der Waals surface area contributed by atoms with Crippen LogP contribution in [0, 0.1) is 46.8 Å². The van der Waals surface area contributed by atoms with Crippen molar-refractivity contribution in [3.63, 3.8) is 0 Å². The summed E-state index contributed by atoms with van der Waals surface area (Å²) in [5.41, 5.74) is 1.63. The SMILES string of the molecule is CCCC[C@@H](CC1=CC[C@@H]2[C@H](CC[C@]3(C)[C@@H]([C@H](C)CC[C@@H](CC)C(C)C)CC[C@@H]23)C1)OC(=O)C(O)C(F)(F)F. The number of carbonyl (C=O) groups excluding carboxylic acids is 1. The van der Waals surface area contributed by atoms with Gasteiger partial charge >= 0.3 is 12.1 Å². The van der Waals surface area contributed by atoms with E-state index in [2.05, 4.69) is 40.7 Å². The number of fused-ring (bicyclic) bond motifs is 3. The highest BCUT2D eigenvalue weighted by Gasteiger charge is 2.55. The summed E-state index contributed by atoms with van der Waals surface area (Å²) < 4.78 is 43.7. The molecule has 0 aromatic carbocycles. The molecule has 0 aliphatic heterocycles. The number of esters is 1. The monoisotopic (exact) mass is 556 g/mol. The van der Waals surface area contributed by atoms with E-state index in [1.807, 2.05) is 6.92 Å². The molecule has 3 nitrogen and oxygen atoms in total. The standard InChI is InChI=1S/C33H55F3O3/c1-7-9-10-26(39-31(38)30(37)33(34,35)36)20-23-12-14-27-25(19-23)17-18-32(6)28(15-16-29(27)32)22(5)11-13-24(8-2)21(3)4/h12,21-22,24-30,37H,7-11,13-20H2,1-6H3/t22-,24-,25-,26+,27-,28-,29+,30?,32-/m1/s1. The van der Waals surface area contributed by atoms with Crippen LogP contribution in [-0.4, -0.2) is 29.5 Å². The number of hydrogen-bond acceptors (Lipinski definition) is 3. The summed E-state index contributed by atoms with van der Waals surface area (Å²) in [4.78, 5) is 12.0. The summed E-state index contributed by atoms with van der Waals surface area (Å²) in [6.07, 6.45) is 7.38. The average molecular weight is 557 g/mol. The Hall–Kier alpha value is -1.04. The van der Waals surface area contributed by atoms with E-state index in [1.54, 1.807) is 0 Å². The van der Waals surface area contributed by atoms with Gasteiger partial charge in [0.1, 0.15) is 6.10 Å². The quantitative estimate of drug-likeness (QED) is 0.182. The first-order valence-corrected chi connectivity index (χ1v) is 15.9. The summed E-state index contributed by atoms with van der Waals surface area (Å²) in [6.45, 7) is 14.1. The van der Waals surface area contributed by atoms with Crippen LogP contribution in [0.15, 0.2) is 11.6 Å². The number of rotatable bonds is 13. The molecular weight excluding hydrogens is 501 g/mol. The zero-order chi connectivity index (χ0) is 29.0. The molecule has 3 rings (SSSR count). The van der Waals surface area contributed by atoms with Gasteiger partial charge in [-0.05, 0) is 98.2 Å². The first-order valence-electron chi connectivity index (χ1n) is 15.9. The molecule has 39 heavy (non-hydrogen) atoms. The van der Waals surface area contributed by atoms with E-state index < -0.39 is 24.4 Å². The van der Waals surface area contributed by atoms with Gasteiger partial charge in [0.25, 0.3) is 0 Å². The molecule has 9 atom stereocenters. The van der Waals surface area contributed by atoms with Gasteiger partial charge in [0, 0.05) is 6.42 Å². The van der Waals surface area contributed by atoms with Crippen LogP contribution < -0.4 is 0 Å². The van der Waals surface area contributed by atoms with Gasteiger partial charge in [0.05, 0.1) is 0 Å². The second-order valence-electron chi connectivity index (χ2n) is 13.9. The highest BCUT2D eigenvalue weighted by atomic mass is 19.4. The van der Waals surface area contributed by atoms with Crippen molar-refractivity contribution in [3.05, 3.63) is 11.6 Å². The number of unbranched alkanes of at least 4 members (excludes halogenated alkanes) is 1. The summed E-state index contributed by atoms with van der Waals surface area (Å²) in [7, 11) is 0. The molecule has 0 spiro atoms. The lowest BCUT2D eigenvalue weighted by Crippen LogP contribution is -2.44. The first kappa shape index (κ1) is 32.5. The zero-order valence-electron chi connectivity index (χ0n) is 25.4. The molecule has 0 bridgehead atoms. The number of halogens is 3. The molecule has 3 aliphatic carbocycles. The molecule has 0 heterocycles. The largest absolute Gasteiger partial charge is 0.460 e.